The van der Waals surface area contributed by atoms with Gasteiger partial charge in [-0.15, -0.1) is 0 Å². The van der Waals surface area contributed by atoms with Crippen LogP contribution >= 0.6 is 0 Å². The van der Waals surface area contributed by atoms with Gasteiger partial charge in [-0.05, 0) is 33.1 Å². The standard InChI is InChI=1S/C38H76N2/c1-5-7-9-11-13-15-17-19-20-22-24-26-28-30-32-34-39-35-36-40(37(3)4)38(39)33-31-29-27-25-23-21-18-16-14-12-10-8-6-2/h35-38H,5-34H2,1-4H3. The van der Waals surface area contributed by atoms with E-state index >= 15 is 0 Å². The smallest absolute Gasteiger partial charge is 0.101 e. The zero-order chi connectivity index (χ0) is 28.9. The Morgan fingerprint density at radius 3 is 1.10 bits per heavy atom. The van der Waals surface area contributed by atoms with Gasteiger partial charge in [0.2, 0.25) is 0 Å². The summed E-state index contributed by atoms with van der Waals surface area (Å²) in [4.78, 5) is 5.29. The molecule has 0 aliphatic carbocycles. The van der Waals surface area contributed by atoms with Crippen LogP contribution in [-0.4, -0.2) is 28.6 Å². The molecular weight excluding hydrogens is 484 g/mol. The minimum Gasteiger partial charge on any atom is -0.356 e. The van der Waals surface area contributed by atoms with Crippen molar-refractivity contribution in [3.05, 3.63) is 12.4 Å². The highest BCUT2D eigenvalue weighted by Crippen LogP contribution is 2.25. The van der Waals surface area contributed by atoms with E-state index in [2.05, 4.69) is 49.9 Å². The monoisotopic (exact) mass is 561 g/mol. The van der Waals surface area contributed by atoms with E-state index < -0.39 is 0 Å². The van der Waals surface area contributed by atoms with E-state index in [0.29, 0.717) is 12.2 Å². The number of unbranched alkanes of at least 4 members (excludes halogenated alkanes) is 26. The fraction of sp³-hybridized carbons (Fsp3) is 0.947. The van der Waals surface area contributed by atoms with E-state index in [1.807, 2.05) is 0 Å². The van der Waals surface area contributed by atoms with Crippen LogP contribution in [0.1, 0.15) is 214 Å². The molecule has 1 unspecified atom stereocenters. The number of rotatable bonds is 31. The Bertz CT molecular complexity index is 528. The predicted octanol–water partition coefficient (Wildman–Crippen LogP) is 13.2. The summed E-state index contributed by atoms with van der Waals surface area (Å²) in [6, 6.07) is 0.606. The molecule has 1 aliphatic heterocycles. The van der Waals surface area contributed by atoms with Gasteiger partial charge in [0.1, 0.15) is 6.17 Å². The molecule has 0 fully saturated rings. The van der Waals surface area contributed by atoms with Gasteiger partial charge >= 0.3 is 0 Å². The first-order valence-electron chi connectivity index (χ1n) is 18.9. The Kier molecular flexibility index (Phi) is 26.6. The molecule has 1 atom stereocenters. The zero-order valence-corrected chi connectivity index (χ0v) is 28.4. The molecule has 2 nitrogen and oxygen atoms in total. The number of hydrogen-bond donors (Lipinski definition) is 0. The predicted molar refractivity (Wildman–Crippen MR) is 182 cm³/mol. The SMILES string of the molecule is CCCCCCCCCCCCCCCCCN1C=CN(C(C)C)C1CCCCCCCCCCCCCCC. The van der Waals surface area contributed by atoms with Gasteiger partial charge < -0.3 is 9.80 Å². The Hall–Kier alpha value is -0.660. The summed E-state index contributed by atoms with van der Waals surface area (Å²) < 4.78 is 0. The molecule has 40 heavy (non-hydrogen) atoms. The average molecular weight is 561 g/mol. The van der Waals surface area contributed by atoms with Crippen LogP contribution in [0.2, 0.25) is 0 Å². The van der Waals surface area contributed by atoms with Crippen molar-refractivity contribution in [1.29, 1.82) is 0 Å². The van der Waals surface area contributed by atoms with Gasteiger partial charge in [-0.25, -0.2) is 0 Å². The molecule has 1 rings (SSSR count). The third-order valence-corrected chi connectivity index (χ3v) is 9.34. The molecule has 0 N–H and O–H groups in total. The van der Waals surface area contributed by atoms with Crippen LogP contribution in [0.3, 0.4) is 0 Å². The third kappa shape index (κ3) is 21.1. The summed E-state index contributed by atoms with van der Waals surface area (Å²) in [6.45, 7) is 10.6. The fourth-order valence-electron chi connectivity index (χ4n) is 6.60. The summed E-state index contributed by atoms with van der Waals surface area (Å²) in [6.07, 6.45) is 47.2. The molecule has 2 heteroatoms. The molecular formula is C38H76N2. The molecule has 1 aliphatic rings. The van der Waals surface area contributed by atoms with Gasteiger partial charge in [-0.2, -0.15) is 0 Å². The maximum atomic E-state index is 2.67. The van der Waals surface area contributed by atoms with Gasteiger partial charge in [0.15, 0.2) is 0 Å². The summed E-state index contributed by atoms with van der Waals surface area (Å²) in [7, 11) is 0. The number of nitrogens with zero attached hydrogens (tertiary/aromatic N) is 2. The molecule has 0 spiro atoms. The van der Waals surface area contributed by atoms with Crippen molar-refractivity contribution >= 4 is 0 Å². The van der Waals surface area contributed by atoms with Gasteiger partial charge in [-0.1, -0.05) is 181 Å². The second-order valence-corrected chi connectivity index (χ2v) is 13.5. The lowest BCUT2D eigenvalue weighted by atomic mass is 10.0. The lowest BCUT2D eigenvalue weighted by molar-refractivity contribution is 0.114. The average Bonchev–Trinajstić information content (AvgIpc) is 3.36. The van der Waals surface area contributed by atoms with E-state index in [-0.39, 0.29) is 0 Å². The highest BCUT2D eigenvalue weighted by atomic mass is 15.4. The van der Waals surface area contributed by atoms with Crippen LogP contribution in [0.25, 0.3) is 0 Å². The van der Waals surface area contributed by atoms with Crippen LogP contribution in [0.4, 0.5) is 0 Å². The van der Waals surface area contributed by atoms with Crippen LogP contribution in [0, 0.1) is 0 Å². The first-order valence-corrected chi connectivity index (χ1v) is 18.9. The maximum absolute atomic E-state index is 2.67. The molecule has 0 aromatic carbocycles. The van der Waals surface area contributed by atoms with Crippen molar-refractivity contribution in [2.75, 3.05) is 6.54 Å². The molecule has 0 aromatic heterocycles. The second-order valence-electron chi connectivity index (χ2n) is 13.5. The van der Waals surface area contributed by atoms with Crippen LogP contribution in [0.5, 0.6) is 0 Å². The largest absolute Gasteiger partial charge is 0.356 e. The fourth-order valence-corrected chi connectivity index (χ4v) is 6.60. The Balaban J connectivity index is 1.99. The van der Waals surface area contributed by atoms with E-state index in [9.17, 15) is 0 Å². The van der Waals surface area contributed by atoms with Crippen LogP contribution in [-0.2, 0) is 0 Å². The third-order valence-electron chi connectivity index (χ3n) is 9.34. The maximum Gasteiger partial charge on any atom is 0.101 e. The van der Waals surface area contributed by atoms with Crippen molar-refractivity contribution in [2.24, 2.45) is 0 Å². The van der Waals surface area contributed by atoms with Crippen molar-refractivity contribution in [1.82, 2.24) is 9.80 Å². The zero-order valence-electron chi connectivity index (χ0n) is 28.4. The summed E-state index contributed by atoms with van der Waals surface area (Å²) in [5, 5.41) is 0. The molecule has 0 amide bonds. The van der Waals surface area contributed by atoms with Gasteiger partial charge in [0.05, 0.1) is 0 Å². The van der Waals surface area contributed by atoms with E-state index in [1.54, 1.807) is 0 Å². The normalized spacial score (nSPS) is 15.3. The van der Waals surface area contributed by atoms with Crippen LogP contribution < -0.4 is 0 Å². The van der Waals surface area contributed by atoms with Crippen molar-refractivity contribution in [2.45, 2.75) is 226 Å². The van der Waals surface area contributed by atoms with Gasteiger partial charge in [-0.3, -0.25) is 0 Å². The lowest BCUT2D eigenvalue weighted by Crippen LogP contribution is -2.42. The Labute approximate surface area is 254 Å². The van der Waals surface area contributed by atoms with Gasteiger partial charge in [0, 0.05) is 25.0 Å². The first kappa shape index (κ1) is 37.4. The van der Waals surface area contributed by atoms with Crippen molar-refractivity contribution in [3.63, 3.8) is 0 Å². The van der Waals surface area contributed by atoms with Crippen molar-refractivity contribution in [3.8, 4) is 0 Å². The van der Waals surface area contributed by atoms with Crippen LogP contribution in [0.15, 0.2) is 12.4 Å². The Morgan fingerprint density at radius 1 is 0.425 bits per heavy atom. The van der Waals surface area contributed by atoms with E-state index in [0.717, 1.165) is 0 Å². The molecule has 0 bridgehead atoms. The van der Waals surface area contributed by atoms with Gasteiger partial charge in [0.25, 0.3) is 0 Å². The minimum atomic E-state index is 0.606. The summed E-state index contributed by atoms with van der Waals surface area (Å²) >= 11 is 0. The highest BCUT2D eigenvalue weighted by Gasteiger charge is 2.26. The topological polar surface area (TPSA) is 6.48 Å². The van der Waals surface area contributed by atoms with E-state index in [4.69, 9.17) is 0 Å². The lowest BCUT2D eigenvalue weighted by Gasteiger charge is -2.35. The number of hydrogen-bond acceptors (Lipinski definition) is 2. The molecule has 1 heterocycles. The molecule has 0 saturated carbocycles. The second kappa shape index (κ2) is 28.5. The quantitative estimate of drug-likeness (QED) is 0.0778. The molecule has 0 aromatic rings. The minimum absolute atomic E-state index is 0.606. The van der Waals surface area contributed by atoms with E-state index in [1.165, 1.54) is 193 Å². The first-order chi connectivity index (χ1) is 19.7. The van der Waals surface area contributed by atoms with Crippen molar-refractivity contribution < 1.29 is 0 Å². The summed E-state index contributed by atoms with van der Waals surface area (Å²) in [5.74, 6) is 0. The Morgan fingerprint density at radius 2 is 0.750 bits per heavy atom. The summed E-state index contributed by atoms with van der Waals surface area (Å²) in [5.41, 5.74) is 0. The molecule has 0 radical (unpaired) electrons. The molecule has 238 valence electrons. The highest BCUT2D eigenvalue weighted by molar-refractivity contribution is 4.98. The molecule has 0 saturated heterocycles.